The summed E-state index contributed by atoms with van der Waals surface area (Å²) in [5.41, 5.74) is -0.290. The van der Waals surface area contributed by atoms with Crippen molar-refractivity contribution in [1.29, 1.82) is 0 Å². The van der Waals surface area contributed by atoms with Crippen LogP contribution in [0.2, 0.25) is 5.02 Å². The van der Waals surface area contributed by atoms with Gasteiger partial charge >= 0.3 is 5.97 Å². The van der Waals surface area contributed by atoms with Gasteiger partial charge in [0.1, 0.15) is 17.7 Å². The number of halogens is 3. The number of benzene rings is 2. The normalized spacial score (nSPS) is 12.5. The van der Waals surface area contributed by atoms with E-state index in [-0.39, 0.29) is 10.6 Å². The van der Waals surface area contributed by atoms with Crippen LogP contribution in [-0.2, 0) is 24.3 Å². The van der Waals surface area contributed by atoms with Crippen molar-refractivity contribution in [3.05, 3.63) is 59.1 Å². The lowest BCUT2D eigenvalue weighted by molar-refractivity contribution is -0.150. The van der Waals surface area contributed by atoms with Gasteiger partial charge in [-0.2, -0.15) is 4.72 Å². The van der Waals surface area contributed by atoms with Gasteiger partial charge in [-0.05, 0) is 42.3 Å². The summed E-state index contributed by atoms with van der Waals surface area (Å²) in [7, 11) is -4.06. The van der Waals surface area contributed by atoms with Gasteiger partial charge in [-0.1, -0.05) is 25.4 Å². The lowest BCUT2D eigenvalue weighted by Gasteiger charge is -2.20. The van der Waals surface area contributed by atoms with Crippen LogP contribution in [0.5, 0.6) is 0 Å². The Kier molecular flexibility index (Phi) is 7.88. The molecule has 2 aromatic carbocycles. The molecule has 0 saturated carbocycles. The van der Waals surface area contributed by atoms with E-state index in [0.717, 1.165) is 12.1 Å². The number of sulfonamides is 1. The fourth-order valence-electron chi connectivity index (χ4n) is 2.31. The molecule has 0 bridgehead atoms. The van der Waals surface area contributed by atoms with E-state index in [1.54, 1.807) is 13.8 Å². The molecule has 0 aliphatic carbocycles. The third kappa shape index (κ3) is 6.48. The average molecular weight is 461 g/mol. The Morgan fingerprint density at radius 2 is 1.73 bits per heavy atom. The number of anilines is 1. The van der Waals surface area contributed by atoms with Crippen molar-refractivity contribution in [2.24, 2.45) is 5.92 Å². The van der Waals surface area contributed by atoms with Gasteiger partial charge in [-0.25, -0.2) is 17.2 Å². The molecule has 2 N–H and O–H groups in total. The van der Waals surface area contributed by atoms with Gasteiger partial charge in [0.05, 0.1) is 10.6 Å². The number of carbonyl (C=O) groups excluding carboxylic acids is 2. The van der Waals surface area contributed by atoms with Crippen LogP contribution in [0.3, 0.4) is 0 Å². The number of amides is 1. The van der Waals surface area contributed by atoms with Crippen LogP contribution in [0.25, 0.3) is 0 Å². The molecule has 0 aromatic heterocycles. The van der Waals surface area contributed by atoms with E-state index >= 15 is 0 Å². The van der Waals surface area contributed by atoms with E-state index in [9.17, 15) is 26.8 Å². The first-order chi connectivity index (χ1) is 14.0. The summed E-state index contributed by atoms with van der Waals surface area (Å²) in [4.78, 5) is 24.1. The minimum Gasteiger partial charge on any atom is -0.454 e. The minimum absolute atomic E-state index is 0.102. The lowest BCUT2D eigenvalue weighted by atomic mass is 10.1. The molecule has 0 saturated heterocycles. The standard InChI is InChI=1S/C19H19ClF2N2O5S/c1-11(2)18(24-30(27,28)14-6-3-12(20)4-7-14)19(26)29-10-17(25)23-16-8-5-13(21)9-15(16)22/h3-9,11,18,24H,10H2,1-2H3,(H,23,25)/t18-/m1/s1. The lowest BCUT2D eigenvalue weighted by Crippen LogP contribution is -2.45. The molecular weight excluding hydrogens is 442 g/mol. The largest absolute Gasteiger partial charge is 0.454 e. The maximum Gasteiger partial charge on any atom is 0.324 e. The molecule has 0 spiro atoms. The Balaban J connectivity index is 2.01. The Bertz CT molecular complexity index is 1030. The predicted molar refractivity (Wildman–Crippen MR) is 106 cm³/mol. The Labute approximate surface area is 177 Å². The molecule has 1 atom stereocenters. The summed E-state index contributed by atoms with van der Waals surface area (Å²) < 4.78 is 58.6. The number of esters is 1. The molecule has 7 nitrogen and oxygen atoms in total. The van der Waals surface area contributed by atoms with Crippen LogP contribution in [0.1, 0.15) is 13.8 Å². The van der Waals surface area contributed by atoms with Gasteiger partial charge in [-0.3, -0.25) is 9.59 Å². The molecule has 0 fully saturated rings. The zero-order valence-corrected chi connectivity index (χ0v) is 17.6. The van der Waals surface area contributed by atoms with Gasteiger partial charge in [0.2, 0.25) is 10.0 Å². The van der Waals surface area contributed by atoms with Gasteiger partial charge in [-0.15, -0.1) is 0 Å². The van der Waals surface area contributed by atoms with Gasteiger partial charge in [0.15, 0.2) is 6.61 Å². The third-order valence-electron chi connectivity index (χ3n) is 3.88. The molecule has 0 radical (unpaired) electrons. The van der Waals surface area contributed by atoms with Crippen LogP contribution in [-0.4, -0.2) is 32.9 Å². The highest BCUT2D eigenvalue weighted by molar-refractivity contribution is 7.89. The maximum atomic E-state index is 13.6. The number of hydrogen-bond acceptors (Lipinski definition) is 5. The second-order valence-corrected chi connectivity index (χ2v) is 8.73. The fourth-order valence-corrected chi connectivity index (χ4v) is 3.77. The summed E-state index contributed by atoms with van der Waals surface area (Å²) in [6.07, 6.45) is 0. The third-order valence-corrected chi connectivity index (χ3v) is 5.59. The quantitative estimate of drug-likeness (QED) is 0.589. The van der Waals surface area contributed by atoms with Gasteiger partial charge in [0.25, 0.3) is 5.91 Å². The highest BCUT2D eigenvalue weighted by atomic mass is 35.5. The number of nitrogens with one attached hydrogen (secondary N) is 2. The first-order valence-corrected chi connectivity index (χ1v) is 10.5. The zero-order chi connectivity index (χ0) is 22.5. The molecule has 11 heteroatoms. The zero-order valence-electron chi connectivity index (χ0n) is 16.0. The molecule has 0 aliphatic rings. The Morgan fingerprint density at radius 1 is 1.10 bits per heavy atom. The SMILES string of the molecule is CC(C)[C@@H](NS(=O)(=O)c1ccc(Cl)cc1)C(=O)OCC(=O)Nc1ccc(F)cc1F. The molecule has 162 valence electrons. The molecule has 0 unspecified atom stereocenters. The van der Waals surface area contributed by atoms with Crippen LogP contribution in [0.15, 0.2) is 47.4 Å². The van der Waals surface area contributed by atoms with E-state index in [2.05, 4.69) is 10.0 Å². The first kappa shape index (κ1) is 23.7. The van der Waals surface area contributed by atoms with E-state index < -0.39 is 52.1 Å². The van der Waals surface area contributed by atoms with Crippen LogP contribution in [0, 0.1) is 17.6 Å². The highest BCUT2D eigenvalue weighted by Crippen LogP contribution is 2.17. The van der Waals surface area contributed by atoms with E-state index in [0.29, 0.717) is 11.1 Å². The smallest absolute Gasteiger partial charge is 0.324 e. The summed E-state index contributed by atoms with van der Waals surface area (Å²) in [6.45, 7) is 2.39. The number of rotatable bonds is 8. The predicted octanol–water partition coefficient (Wildman–Crippen LogP) is 3.10. The van der Waals surface area contributed by atoms with Crippen molar-refractivity contribution in [2.75, 3.05) is 11.9 Å². The van der Waals surface area contributed by atoms with E-state index in [1.807, 2.05) is 0 Å². The van der Waals surface area contributed by atoms with Crippen LogP contribution < -0.4 is 10.0 Å². The van der Waals surface area contributed by atoms with Crippen molar-refractivity contribution in [3.63, 3.8) is 0 Å². The van der Waals surface area contributed by atoms with Crippen LogP contribution in [0.4, 0.5) is 14.5 Å². The van der Waals surface area contributed by atoms with E-state index in [1.165, 1.54) is 24.3 Å². The average Bonchev–Trinajstić information content (AvgIpc) is 2.66. The minimum atomic E-state index is -4.06. The molecule has 2 rings (SSSR count). The maximum absolute atomic E-state index is 13.6. The first-order valence-electron chi connectivity index (χ1n) is 8.69. The van der Waals surface area contributed by atoms with E-state index in [4.69, 9.17) is 16.3 Å². The number of carbonyl (C=O) groups is 2. The second-order valence-electron chi connectivity index (χ2n) is 6.58. The van der Waals surface area contributed by atoms with Crippen LogP contribution >= 0.6 is 11.6 Å². The van der Waals surface area contributed by atoms with Crippen molar-refractivity contribution in [1.82, 2.24) is 4.72 Å². The molecule has 30 heavy (non-hydrogen) atoms. The number of ether oxygens (including phenoxy) is 1. The summed E-state index contributed by atoms with van der Waals surface area (Å²) in [5, 5.41) is 2.48. The summed E-state index contributed by atoms with van der Waals surface area (Å²) in [6, 6.07) is 6.60. The summed E-state index contributed by atoms with van der Waals surface area (Å²) >= 11 is 5.75. The monoisotopic (exact) mass is 460 g/mol. The molecular formula is C19H19ClF2N2O5S. The Morgan fingerprint density at radius 3 is 2.30 bits per heavy atom. The molecule has 2 aromatic rings. The van der Waals surface area contributed by atoms with Gasteiger partial charge in [0, 0.05) is 11.1 Å². The van der Waals surface area contributed by atoms with Gasteiger partial charge < -0.3 is 10.1 Å². The van der Waals surface area contributed by atoms with Crippen molar-refractivity contribution < 1.29 is 31.5 Å². The van der Waals surface area contributed by atoms with Crippen molar-refractivity contribution in [3.8, 4) is 0 Å². The number of hydrogen-bond donors (Lipinski definition) is 2. The molecule has 0 aliphatic heterocycles. The molecule has 1 amide bonds. The second kappa shape index (κ2) is 9.96. The van der Waals surface area contributed by atoms with Crippen molar-refractivity contribution >= 4 is 39.2 Å². The fraction of sp³-hybridized carbons (Fsp3) is 0.263. The topological polar surface area (TPSA) is 102 Å². The highest BCUT2D eigenvalue weighted by Gasteiger charge is 2.30. The summed E-state index contributed by atoms with van der Waals surface area (Å²) in [5.74, 6) is -4.18. The van der Waals surface area contributed by atoms with Crippen molar-refractivity contribution in [2.45, 2.75) is 24.8 Å². The molecule has 0 heterocycles. The Hall–Kier alpha value is -2.56.